The van der Waals surface area contributed by atoms with Crippen molar-refractivity contribution < 1.29 is 5.11 Å². The van der Waals surface area contributed by atoms with E-state index in [0.29, 0.717) is 5.92 Å². The van der Waals surface area contributed by atoms with E-state index in [9.17, 15) is 5.11 Å². The maximum absolute atomic E-state index is 12.1. The molecule has 1 heterocycles. The summed E-state index contributed by atoms with van der Waals surface area (Å²) in [6, 6.07) is 30.3. The van der Waals surface area contributed by atoms with Gasteiger partial charge in [-0.25, -0.2) is 0 Å². The molecule has 0 aromatic heterocycles. The second kappa shape index (κ2) is 7.12. The molecule has 2 heteroatoms. The van der Waals surface area contributed by atoms with Crippen molar-refractivity contribution in [3.63, 3.8) is 0 Å². The van der Waals surface area contributed by atoms with Crippen LogP contribution in [0.4, 0.5) is 0 Å². The number of hydrogen-bond donors (Lipinski definition) is 2. The highest BCUT2D eigenvalue weighted by Crippen LogP contribution is 2.58. The Balaban J connectivity index is 1.68. The maximum Gasteiger partial charge on any atom is 0.0943 e. The molecule has 0 unspecified atom stereocenters. The summed E-state index contributed by atoms with van der Waals surface area (Å²) in [7, 11) is 0. The molecule has 3 aromatic rings. The van der Waals surface area contributed by atoms with Gasteiger partial charge in [0.2, 0.25) is 0 Å². The standard InChI is InChI=1S/C27H29NO/c1-20-10-8-9-15-23(20)27(29)17-16-26(21-11-4-2-5-12-21,22-13-6-3-7-14-22)24-18-28-19-25(24)27/h2-15,24-25,28-29H,16-19H2,1H3/t24-,25+,27+/m0/s1. The van der Waals surface area contributed by atoms with E-state index in [-0.39, 0.29) is 11.3 Å². The predicted molar refractivity (Wildman–Crippen MR) is 118 cm³/mol. The number of rotatable bonds is 3. The van der Waals surface area contributed by atoms with Crippen LogP contribution >= 0.6 is 0 Å². The number of nitrogens with one attached hydrogen (secondary N) is 1. The van der Waals surface area contributed by atoms with Gasteiger partial charge in [0.25, 0.3) is 0 Å². The van der Waals surface area contributed by atoms with Crippen LogP contribution in [0.2, 0.25) is 0 Å². The Morgan fingerprint density at radius 3 is 1.90 bits per heavy atom. The Bertz CT molecular complexity index is 944. The molecular weight excluding hydrogens is 354 g/mol. The van der Waals surface area contributed by atoms with Crippen molar-refractivity contribution in [3.8, 4) is 0 Å². The largest absolute Gasteiger partial charge is 0.385 e. The normalized spacial score (nSPS) is 28.1. The Morgan fingerprint density at radius 2 is 1.28 bits per heavy atom. The van der Waals surface area contributed by atoms with Crippen molar-refractivity contribution in [2.75, 3.05) is 13.1 Å². The third-order valence-electron chi connectivity index (χ3n) is 7.55. The first kappa shape index (κ1) is 18.6. The summed E-state index contributed by atoms with van der Waals surface area (Å²) < 4.78 is 0. The molecule has 2 aliphatic rings. The van der Waals surface area contributed by atoms with Gasteiger partial charge in [-0.1, -0.05) is 84.9 Å². The summed E-state index contributed by atoms with van der Waals surface area (Å²) in [4.78, 5) is 0. The Kier molecular flexibility index (Phi) is 4.57. The minimum atomic E-state index is -0.785. The molecule has 29 heavy (non-hydrogen) atoms. The zero-order chi connectivity index (χ0) is 19.9. The van der Waals surface area contributed by atoms with Gasteiger partial charge in [-0.3, -0.25) is 0 Å². The fraction of sp³-hybridized carbons (Fsp3) is 0.333. The van der Waals surface area contributed by atoms with Gasteiger partial charge in [0.1, 0.15) is 0 Å². The number of aliphatic hydroxyl groups is 1. The van der Waals surface area contributed by atoms with Crippen molar-refractivity contribution in [1.29, 1.82) is 0 Å². The first-order valence-corrected chi connectivity index (χ1v) is 10.8. The van der Waals surface area contributed by atoms with Crippen LogP contribution in [-0.2, 0) is 11.0 Å². The second-order valence-corrected chi connectivity index (χ2v) is 8.81. The van der Waals surface area contributed by atoms with Crippen molar-refractivity contribution in [1.82, 2.24) is 5.32 Å². The zero-order valence-electron chi connectivity index (χ0n) is 17.0. The SMILES string of the molecule is Cc1ccccc1[C@]1(O)CCC(c2ccccc2)(c2ccccc2)[C@H]2CNC[C@H]21. The molecule has 148 valence electrons. The van der Waals surface area contributed by atoms with Crippen LogP contribution in [0.15, 0.2) is 84.9 Å². The quantitative estimate of drug-likeness (QED) is 0.681. The number of aryl methyl sites for hydroxylation is 1. The van der Waals surface area contributed by atoms with E-state index in [2.05, 4.69) is 97.2 Å². The molecule has 3 atom stereocenters. The lowest BCUT2D eigenvalue weighted by Crippen LogP contribution is -2.53. The van der Waals surface area contributed by atoms with Gasteiger partial charge in [0.05, 0.1) is 5.60 Å². The Morgan fingerprint density at radius 1 is 0.724 bits per heavy atom. The van der Waals surface area contributed by atoms with Gasteiger partial charge in [0.15, 0.2) is 0 Å². The molecule has 2 N–H and O–H groups in total. The molecule has 0 bridgehead atoms. The van der Waals surface area contributed by atoms with E-state index >= 15 is 0 Å². The number of fused-ring (bicyclic) bond motifs is 1. The van der Waals surface area contributed by atoms with E-state index in [1.807, 2.05) is 0 Å². The third kappa shape index (κ3) is 2.78. The lowest BCUT2D eigenvalue weighted by molar-refractivity contribution is -0.0838. The molecule has 2 nitrogen and oxygen atoms in total. The summed E-state index contributed by atoms with van der Waals surface area (Å²) in [6.45, 7) is 3.92. The fourth-order valence-electron chi connectivity index (χ4n) is 6.20. The summed E-state index contributed by atoms with van der Waals surface area (Å²) in [5.74, 6) is 0.517. The average molecular weight is 384 g/mol. The van der Waals surface area contributed by atoms with Crippen LogP contribution in [0, 0.1) is 18.8 Å². The topological polar surface area (TPSA) is 32.3 Å². The third-order valence-corrected chi connectivity index (χ3v) is 7.55. The summed E-state index contributed by atoms with van der Waals surface area (Å²) in [5, 5.41) is 15.7. The highest BCUT2D eigenvalue weighted by atomic mass is 16.3. The van der Waals surface area contributed by atoms with Crippen LogP contribution in [0.3, 0.4) is 0 Å². The molecule has 1 saturated heterocycles. The molecule has 0 spiro atoms. The second-order valence-electron chi connectivity index (χ2n) is 8.81. The van der Waals surface area contributed by atoms with Gasteiger partial charge >= 0.3 is 0 Å². The van der Waals surface area contributed by atoms with Crippen molar-refractivity contribution in [2.24, 2.45) is 11.8 Å². The molecule has 0 amide bonds. The first-order valence-electron chi connectivity index (χ1n) is 10.8. The Hall–Kier alpha value is -2.42. The van der Waals surface area contributed by atoms with E-state index < -0.39 is 5.60 Å². The highest BCUT2D eigenvalue weighted by Gasteiger charge is 2.58. The molecule has 1 aliphatic heterocycles. The van der Waals surface area contributed by atoms with Crippen molar-refractivity contribution >= 4 is 0 Å². The highest BCUT2D eigenvalue weighted by molar-refractivity contribution is 5.44. The van der Waals surface area contributed by atoms with Crippen LogP contribution in [-0.4, -0.2) is 18.2 Å². The lowest BCUT2D eigenvalue weighted by Gasteiger charge is -2.53. The number of hydrogen-bond acceptors (Lipinski definition) is 2. The first-order chi connectivity index (χ1) is 14.2. The number of benzene rings is 3. The molecule has 1 saturated carbocycles. The Labute approximate surface area is 173 Å². The van der Waals surface area contributed by atoms with E-state index in [0.717, 1.165) is 31.5 Å². The molecule has 3 aromatic carbocycles. The minimum absolute atomic E-state index is 0.0778. The zero-order valence-corrected chi connectivity index (χ0v) is 17.0. The average Bonchev–Trinajstić information content (AvgIpc) is 3.28. The minimum Gasteiger partial charge on any atom is -0.385 e. The summed E-state index contributed by atoms with van der Waals surface area (Å²) in [6.07, 6.45) is 1.71. The summed E-state index contributed by atoms with van der Waals surface area (Å²) >= 11 is 0. The van der Waals surface area contributed by atoms with Gasteiger partial charge in [-0.05, 0) is 54.5 Å². The van der Waals surface area contributed by atoms with Crippen LogP contribution in [0.25, 0.3) is 0 Å². The van der Waals surface area contributed by atoms with E-state index in [1.54, 1.807) is 0 Å². The maximum atomic E-state index is 12.1. The van der Waals surface area contributed by atoms with Gasteiger partial charge < -0.3 is 10.4 Å². The molecule has 5 rings (SSSR count). The molecule has 0 radical (unpaired) electrons. The molecule has 1 aliphatic carbocycles. The van der Waals surface area contributed by atoms with Gasteiger partial charge in [-0.2, -0.15) is 0 Å². The molecule has 2 fully saturated rings. The smallest absolute Gasteiger partial charge is 0.0943 e. The van der Waals surface area contributed by atoms with Gasteiger partial charge in [0, 0.05) is 17.9 Å². The van der Waals surface area contributed by atoms with E-state index in [4.69, 9.17) is 0 Å². The van der Waals surface area contributed by atoms with Crippen molar-refractivity contribution in [2.45, 2.75) is 30.8 Å². The van der Waals surface area contributed by atoms with E-state index in [1.165, 1.54) is 16.7 Å². The van der Waals surface area contributed by atoms with Crippen LogP contribution in [0.1, 0.15) is 35.1 Å². The fourth-order valence-corrected chi connectivity index (χ4v) is 6.20. The van der Waals surface area contributed by atoms with Crippen molar-refractivity contribution in [3.05, 3.63) is 107 Å². The predicted octanol–water partition coefficient (Wildman–Crippen LogP) is 4.80. The lowest BCUT2D eigenvalue weighted by atomic mass is 9.52. The van der Waals surface area contributed by atoms with Crippen LogP contribution < -0.4 is 5.32 Å². The van der Waals surface area contributed by atoms with Gasteiger partial charge in [-0.15, -0.1) is 0 Å². The summed E-state index contributed by atoms with van der Waals surface area (Å²) in [5.41, 5.74) is 4.17. The monoisotopic (exact) mass is 383 g/mol. The molecular formula is C27H29NO. The van der Waals surface area contributed by atoms with Crippen LogP contribution in [0.5, 0.6) is 0 Å².